The van der Waals surface area contributed by atoms with Crippen LogP contribution in [0.15, 0.2) is 84.9 Å². The molecular weight excluding hydrogens is 420 g/mol. The summed E-state index contributed by atoms with van der Waals surface area (Å²) in [4.78, 5) is 30.6. The Hall–Kier alpha value is -3.71. The molecule has 0 aliphatic carbocycles. The monoisotopic (exact) mass is 444 g/mol. The second-order valence-corrected chi connectivity index (χ2v) is 8.50. The quantitative estimate of drug-likeness (QED) is 0.408. The van der Waals surface area contributed by atoms with Gasteiger partial charge in [-0.1, -0.05) is 84.1 Å². The van der Waals surface area contributed by atoms with E-state index in [2.05, 4.69) is 34.6 Å². The zero-order valence-electron chi connectivity index (χ0n) is 17.5. The predicted octanol–water partition coefficient (Wildman–Crippen LogP) is 4.84. The number of para-hydroxylation sites is 1. The van der Waals surface area contributed by atoms with E-state index < -0.39 is 5.91 Å². The van der Waals surface area contributed by atoms with Crippen LogP contribution < -0.4 is 11.1 Å². The number of aromatic nitrogens is 1. The molecule has 0 saturated carbocycles. The first-order valence-electron chi connectivity index (χ1n) is 10.4. The maximum absolute atomic E-state index is 13.0. The Morgan fingerprint density at radius 2 is 1.50 bits per heavy atom. The normalized spacial score (nSPS) is 10.9. The van der Waals surface area contributed by atoms with Gasteiger partial charge in [-0.25, -0.2) is 9.78 Å². The molecule has 0 unspecified atom stereocenters. The first-order chi connectivity index (χ1) is 15.6. The molecule has 0 aliphatic rings. The van der Waals surface area contributed by atoms with Crippen LogP contribution in [0.4, 0.5) is 9.93 Å². The maximum Gasteiger partial charge on any atom is 0.324 e. The minimum Gasteiger partial charge on any atom is -0.368 e. The Bertz CT molecular complexity index is 1120. The van der Waals surface area contributed by atoms with Crippen molar-refractivity contribution in [3.8, 4) is 0 Å². The molecule has 0 bridgehead atoms. The number of fused-ring (bicyclic) bond motifs is 1. The lowest BCUT2D eigenvalue weighted by atomic mass is 9.88. The molecule has 6 nitrogen and oxygen atoms in total. The van der Waals surface area contributed by atoms with Gasteiger partial charge in [-0.15, -0.1) is 0 Å². The number of anilines is 1. The minimum atomic E-state index is -0.555. The molecule has 0 saturated heterocycles. The second-order valence-electron chi connectivity index (χ2n) is 7.47. The highest BCUT2D eigenvalue weighted by Gasteiger charge is 2.21. The Kier molecular flexibility index (Phi) is 6.77. The highest BCUT2D eigenvalue weighted by atomic mass is 32.1. The molecular formula is C25H24N4O2S. The van der Waals surface area contributed by atoms with E-state index in [0.717, 1.165) is 21.3 Å². The highest BCUT2D eigenvalue weighted by Crippen LogP contribution is 2.29. The third kappa shape index (κ3) is 5.31. The van der Waals surface area contributed by atoms with E-state index in [1.54, 1.807) is 0 Å². The van der Waals surface area contributed by atoms with Crippen molar-refractivity contribution >= 4 is 38.6 Å². The molecule has 162 valence electrons. The van der Waals surface area contributed by atoms with E-state index in [9.17, 15) is 9.59 Å². The summed E-state index contributed by atoms with van der Waals surface area (Å²) in [7, 11) is 0. The molecule has 0 spiro atoms. The Morgan fingerprint density at radius 3 is 2.09 bits per heavy atom. The summed E-state index contributed by atoms with van der Waals surface area (Å²) >= 11 is 1.39. The van der Waals surface area contributed by atoms with Crippen molar-refractivity contribution in [3.63, 3.8) is 0 Å². The number of thiazole rings is 1. The fourth-order valence-electron chi connectivity index (χ4n) is 3.72. The number of nitrogens with two attached hydrogens (primary N) is 1. The molecule has 0 radical (unpaired) electrons. The average molecular weight is 445 g/mol. The lowest BCUT2D eigenvalue weighted by Gasteiger charge is -2.25. The van der Waals surface area contributed by atoms with Crippen LogP contribution in [0.25, 0.3) is 10.2 Å². The summed E-state index contributed by atoms with van der Waals surface area (Å²) in [5, 5.41) is 3.32. The zero-order chi connectivity index (χ0) is 22.3. The molecule has 0 fully saturated rings. The summed E-state index contributed by atoms with van der Waals surface area (Å²) in [6, 6.07) is 27.6. The molecule has 32 heavy (non-hydrogen) atoms. The fraction of sp³-hybridized carbons (Fsp3) is 0.160. The van der Waals surface area contributed by atoms with Gasteiger partial charge < -0.3 is 10.6 Å². The van der Waals surface area contributed by atoms with E-state index in [-0.39, 0.29) is 18.5 Å². The van der Waals surface area contributed by atoms with Gasteiger partial charge in [-0.3, -0.25) is 10.1 Å². The topological polar surface area (TPSA) is 88.3 Å². The average Bonchev–Trinajstić information content (AvgIpc) is 3.22. The van der Waals surface area contributed by atoms with Crippen molar-refractivity contribution in [2.45, 2.75) is 12.3 Å². The van der Waals surface area contributed by atoms with E-state index in [0.29, 0.717) is 18.1 Å². The number of nitrogens with zero attached hydrogens (tertiary/aromatic N) is 2. The first kappa shape index (κ1) is 21.5. The number of amides is 3. The van der Waals surface area contributed by atoms with Gasteiger partial charge in [-0.2, -0.15) is 0 Å². The summed E-state index contributed by atoms with van der Waals surface area (Å²) in [5.74, 6) is -0.469. The summed E-state index contributed by atoms with van der Waals surface area (Å²) in [6.07, 6.45) is 0.647. The molecule has 3 amide bonds. The summed E-state index contributed by atoms with van der Waals surface area (Å²) in [6.45, 7) is 0.209. The van der Waals surface area contributed by atoms with Crippen LogP contribution in [0.5, 0.6) is 0 Å². The Morgan fingerprint density at radius 1 is 0.906 bits per heavy atom. The number of benzene rings is 3. The molecule has 3 aromatic carbocycles. The van der Waals surface area contributed by atoms with Gasteiger partial charge in [-0.05, 0) is 29.7 Å². The van der Waals surface area contributed by atoms with Crippen LogP contribution in [0.2, 0.25) is 0 Å². The SMILES string of the molecule is NC(=O)CN(CCC(c1ccccc1)c1ccccc1)C(=O)Nc1nc2ccccc2s1. The first-order valence-corrected chi connectivity index (χ1v) is 11.2. The molecule has 7 heteroatoms. The van der Waals surface area contributed by atoms with Gasteiger partial charge in [0.25, 0.3) is 0 Å². The van der Waals surface area contributed by atoms with Crippen LogP contribution in [0, 0.1) is 0 Å². The number of hydrogen-bond donors (Lipinski definition) is 2. The van der Waals surface area contributed by atoms with E-state index in [1.165, 1.54) is 16.2 Å². The third-order valence-corrected chi connectivity index (χ3v) is 6.19. The van der Waals surface area contributed by atoms with Crippen LogP contribution in [-0.4, -0.2) is 34.9 Å². The number of primary amides is 1. The van der Waals surface area contributed by atoms with Gasteiger partial charge in [0.15, 0.2) is 5.13 Å². The standard InChI is InChI=1S/C25H24N4O2S/c26-23(30)17-29(25(31)28-24-27-21-13-7-8-14-22(21)32-24)16-15-20(18-9-3-1-4-10-18)19-11-5-2-6-12-19/h1-14,20H,15-17H2,(H2,26,30)(H,27,28,31). The lowest BCUT2D eigenvalue weighted by molar-refractivity contribution is -0.118. The lowest BCUT2D eigenvalue weighted by Crippen LogP contribution is -2.42. The number of carbonyl (C=O) groups excluding carboxylic acids is 2. The van der Waals surface area contributed by atoms with Crippen molar-refractivity contribution in [2.75, 3.05) is 18.4 Å². The van der Waals surface area contributed by atoms with E-state index in [1.807, 2.05) is 60.7 Å². The molecule has 1 heterocycles. The van der Waals surface area contributed by atoms with Crippen molar-refractivity contribution < 1.29 is 9.59 Å². The smallest absolute Gasteiger partial charge is 0.324 e. The molecule has 0 aliphatic heterocycles. The van der Waals surface area contributed by atoms with Crippen LogP contribution in [0.3, 0.4) is 0 Å². The van der Waals surface area contributed by atoms with E-state index in [4.69, 9.17) is 5.73 Å². The van der Waals surface area contributed by atoms with Gasteiger partial charge in [0.05, 0.1) is 10.2 Å². The third-order valence-electron chi connectivity index (χ3n) is 5.23. The number of rotatable bonds is 8. The van der Waals surface area contributed by atoms with Crippen LogP contribution >= 0.6 is 11.3 Å². The summed E-state index contributed by atoms with van der Waals surface area (Å²) in [5.41, 5.74) is 8.58. The number of nitrogens with one attached hydrogen (secondary N) is 1. The van der Waals surface area contributed by atoms with Crippen molar-refractivity contribution in [3.05, 3.63) is 96.1 Å². The van der Waals surface area contributed by atoms with E-state index >= 15 is 0 Å². The summed E-state index contributed by atoms with van der Waals surface area (Å²) < 4.78 is 0.984. The van der Waals surface area contributed by atoms with Crippen molar-refractivity contribution in [2.24, 2.45) is 5.73 Å². The highest BCUT2D eigenvalue weighted by molar-refractivity contribution is 7.22. The van der Waals surface area contributed by atoms with Crippen molar-refractivity contribution in [1.29, 1.82) is 0 Å². The van der Waals surface area contributed by atoms with Crippen molar-refractivity contribution in [1.82, 2.24) is 9.88 Å². The number of hydrogen-bond acceptors (Lipinski definition) is 4. The maximum atomic E-state index is 13.0. The van der Waals surface area contributed by atoms with Gasteiger partial charge in [0.1, 0.15) is 6.54 Å². The molecule has 4 aromatic rings. The largest absolute Gasteiger partial charge is 0.368 e. The molecule has 4 rings (SSSR count). The number of urea groups is 1. The molecule has 0 atom stereocenters. The van der Waals surface area contributed by atoms with Gasteiger partial charge >= 0.3 is 6.03 Å². The van der Waals surface area contributed by atoms with Gasteiger partial charge in [0, 0.05) is 12.5 Å². The molecule has 1 aromatic heterocycles. The fourth-order valence-corrected chi connectivity index (χ4v) is 4.57. The van der Waals surface area contributed by atoms with Gasteiger partial charge in [0.2, 0.25) is 5.91 Å². The van der Waals surface area contributed by atoms with Crippen LogP contribution in [-0.2, 0) is 4.79 Å². The predicted molar refractivity (Wildman–Crippen MR) is 129 cm³/mol. The zero-order valence-corrected chi connectivity index (χ0v) is 18.3. The minimum absolute atomic E-state index is 0.0861. The number of carbonyl (C=O) groups is 2. The second kappa shape index (κ2) is 10.1. The Labute approximate surface area is 190 Å². The van der Waals surface area contributed by atoms with Crippen LogP contribution in [0.1, 0.15) is 23.5 Å². The molecule has 3 N–H and O–H groups in total. The Balaban J connectivity index is 1.51.